The summed E-state index contributed by atoms with van der Waals surface area (Å²) in [5, 5.41) is 0. The summed E-state index contributed by atoms with van der Waals surface area (Å²) >= 11 is 0. The van der Waals surface area contributed by atoms with Crippen molar-refractivity contribution in [3.63, 3.8) is 0 Å². The van der Waals surface area contributed by atoms with Crippen LogP contribution in [0.1, 0.15) is 44.5 Å². The van der Waals surface area contributed by atoms with Crippen LogP contribution in [0.25, 0.3) is 0 Å². The number of piperidine rings is 1. The Bertz CT molecular complexity index is 778. The third-order valence-electron chi connectivity index (χ3n) is 5.21. The second kappa shape index (κ2) is 7.02. The van der Waals surface area contributed by atoms with Gasteiger partial charge < -0.3 is 18.9 Å². The van der Waals surface area contributed by atoms with Crippen molar-refractivity contribution in [2.45, 2.75) is 44.8 Å². The van der Waals surface area contributed by atoms with Crippen LogP contribution in [0, 0.1) is 0 Å². The van der Waals surface area contributed by atoms with Crippen LogP contribution < -0.4 is 9.47 Å². The van der Waals surface area contributed by atoms with Gasteiger partial charge in [0.05, 0.1) is 0 Å². The Balaban J connectivity index is 1.38. The van der Waals surface area contributed by atoms with E-state index in [9.17, 15) is 4.79 Å². The highest BCUT2D eigenvalue weighted by Crippen LogP contribution is 2.33. The lowest BCUT2D eigenvalue weighted by atomic mass is 9.95. The number of ether oxygens (including phenoxy) is 2. The highest BCUT2D eigenvalue weighted by atomic mass is 16.6. The molecule has 0 spiro atoms. The molecule has 6 nitrogen and oxygen atoms in total. The number of para-hydroxylation sites is 2. The van der Waals surface area contributed by atoms with Crippen LogP contribution in [0.15, 0.2) is 36.7 Å². The Morgan fingerprint density at radius 1 is 1.19 bits per heavy atom. The molecule has 4 rings (SSSR count). The van der Waals surface area contributed by atoms with E-state index in [1.54, 1.807) is 0 Å². The standard InChI is InChI=1S/C20H25N3O3/c1-14(2)23-12-9-21-19(23)15-7-10-22(11-8-15)20(24)18-13-25-16-5-3-4-6-17(16)26-18/h3-6,9,12,14-15,18H,7-8,10-11,13H2,1-2H3/t18-/m0/s1. The smallest absolute Gasteiger partial charge is 0.267 e. The molecule has 6 heteroatoms. The molecule has 0 unspecified atom stereocenters. The maximum Gasteiger partial charge on any atom is 0.267 e. The van der Waals surface area contributed by atoms with Gasteiger partial charge >= 0.3 is 0 Å². The molecule has 1 fully saturated rings. The number of aromatic nitrogens is 2. The maximum atomic E-state index is 12.8. The van der Waals surface area contributed by atoms with Crippen molar-refractivity contribution in [3.05, 3.63) is 42.5 Å². The number of hydrogen-bond donors (Lipinski definition) is 0. The van der Waals surface area contributed by atoms with Crippen molar-refractivity contribution in [1.29, 1.82) is 0 Å². The highest BCUT2D eigenvalue weighted by molar-refractivity contribution is 5.82. The van der Waals surface area contributed by atoms with Crippen molar-refractivity contribution >= 4 is 5.91 Å². The lowest BCUT2D eigenvalue weighted by Crippen LogP contribution is -2.49. The van der Waals surface area contributed by atoms with Crippen LogP contribution in [0.5, 0.6) is 11.5 Å². The van der Waals surface area contributed by atoms with E-state index in [1.165, 1.54) is 0 Å². The Hall–Kier alpha value is -2.50. The molecule has 0 radical (unpaired) electrons. The van der Waals surface area contributed by atoms with Crippen LogP contribution in [0.2, 0.25) is 0 Å². The molecule has 1 amide bonds. The fraction of sp³-hybridized carbons (Fsp3) is 0.500. The van der Waals surface area contributed by atoms with Gasteiger partial charge in [-0.05, 0) is 38.8 Å². The zero-order chi connectivity index (χ0) is 18.1. The van der Waals surface area contributed by atoms with E-state index in [0.29, 0.717) is 23.5 Å². The molecule has 1 atom stereocenters. The molecule has 3 heterocycles. The van der Waals surface area contributed by atoms with Crippen LogP contribution in [-0.2, 0) is 4.79 Å². The van der Waals surface area contributed by atoms with Gasteiger partial charge in [0.1, 0.15) is 12.4 Å². The highest BCUT2D eigenvalue weighted by Gasteiger charge is 2.34. The Labute approximate surface area is 153 Å². The molecule has 0 bridgehead atoms. The minimum absolute atomic E-state index is 0.0187. The van der Waals surface area contributed by atoms with Crippen LogP contribution in [0.3, 0.4) is 0 Å². The summed E-state index contributed by atoms with van der Waals surface area (Å²) in [6.07, 6.45) is 5.22. The molecule has 0 saturated carbocycles. The van der Waals surface area contributed by atoms with Gasteiger partial charge in [-0.1, -0.05) is 12.1 Å². The van der Waals surface area contributed by atoms with Gasteiger partial charge in [-0.15, -0.1) is 0 Å². The molecule has 1 saturated heterocycles. The first-order chi connectivity index (χ1) is 12.6. The fourth-order valence-electron chi connectivity index (χ4n) is 3.78. The fourth-order valence-corrected chi connectivity index (χ4v) is 3.78. The molecule has 1 aromatic carbocycles. The van der Waals surface area contributed by atoms with Gasteiger partial charge in [0.15, 0.2) is 11.5 Å². The van der Waals surface area contributed by atoms with Crippen LogP contribution in [0.4, 0.5) is 0 Å². The number of nitrogens with zero attached hydrogens (tertiary/aromatic N) is 3. The topological polar surface area (TPSA) is 56.6 Å². The number of amides is 1. The first kappa shape index (κ1) is 16.9. The van der Waals surface area contributed by atoms with Crippen molar-refractivity contribution < 1.29 is 14.3 Å². The average molecular weight is 355 g/mol. The predicted molar refractivity (Wildman–Crippen MR) is 97.5 cm³/mol. The summed E-state index contributed by atoms with van der Waals surface area (Å²) in [6, 6.07) is 7.89. The largest absolute Gasteiger partial charge is 0.485 e. The number of likely N-dealkylation sites (tertiary alicyclic amines) is 1. The Kier molecular flexibility index (Phi) is 4.57. The summed E-state index contributed by atoms with van der Waals surface area (Å²) in [6.45, 7) is 6.07. The number of hydrogen-bond acceptors (Lipinski definition) is 4. The molecule has 26 heavy (non-hydrogen) atoms. The van der Waals surface area contributed by atoms with E-state index in [-0.39, 0.29) is 12.5 Å². The minimum atomic E-state index is -0.556. The van der Waals surface area contributed by atoms with Crippen molar-refractivity contribution in [2.24, 2.45) is 0 Å². The number of carbonyl (C=O) groups excluding carboxylic acids is 1. The van der Waals surface area contributed by atoms with E-state index in [2.05, 4.69) is 23.4 Å². The summed E-state index contributed by atoms with van der Waals surface area (Å²) < 4.78 is 13.8. The van der Waals surface area contributed by atoms with E-state index in [4.69, 9.17) is 9.47 Å². The van der Waals surface area contributed by atoms with E-state index < -0.39 is 6.10 Å². The predicted octanol–water partition coefficient (Wildman–Crippen LogP) is 3.01. The lowest BCUT2D eigenvalue weighted by molar-refractivity contribution is -0.142. The van der Waals surface area contributed by atoms with Gasteiger partial charge in [0, 0.05) is 37.4 Å². The summed E-state index contributed by atoms with van der Waals surface area (Å²) in [5.41, 5.74) is 0. The van der Waals surface area contributed by atoms with E-state index in [1.807, 2.05) is 41.6 Å². The third-order valence-corrected chi connectivity index (χ3v) is 5.21. The Morgan fingerprint density at radius 3 is 2.65 bits per heavy atom. The average Bonchev–Trinajstić information content (AvgIpc) is 3.17. The number of carbonyl (C=O) groups is 1. The van der Waals surface area contributed by atoms with Crippen molar-refractivity contribution in [2.75, 3.05) is 19.7 Å². The molecule has 1 aromatic heterocycles. The summed E-state index contributed by atoms with van der Waals surface area (Å²) in [4.78, 5) is 19.3. The molecule has 0 N–H and O–H groups in total. The van der Waals surface area contributed by atoms with E-state index in [0.717, 1.165) is 31.8 Å². The first-order valence-corrected chi connectivity index (χ1v) is 9.33. The maximum absolute atomic E-state index is 12.8. The lowest BCUT2D eigenvalue weighted by Gasteiger charge is -2.35. The molecule has 2 aromatic rings. The minimum Gasteiger partial charge on any atom is -0.485 e. The number of rotatable bonds is 3. The van der Waals surface area contributed by atoms with Gasteiger partial charge in [-0.25, -0.2) is 4.98 Å². The van der Waals surface area contributed by atoms with Crippen molar-refractivity contribution in [1.82, 2.24) is 14.5 Å². The molecule has 2 aliphatic rings. The second-order valence-electron chi connectivity index (χ2n) is 7.25. The molecule has 2 aliphatic heterocycles. The van der Waals surface area contributed by atoms with Gasteiger partial charge in [-0.2, -0.15) is 0 Å². The SMILES string of the molecule is CC(C)n1ccnc1C1CCN(C(=O)[C@@H]2COc3ccccc3O2)CC1. The first-order valence-electron chi connectivity index (χ1n) is 9.33. The molecular weight excluding hydrogens is 330 g/mol. The van der Waals surface area contributed by atoms with Gasteiger partial charge in [-0.3, -0.25) is 4.79 Å². The zero-order valence-electron chi connectivity index (χ0n) is 15.3. The number of fused-ring (bicyclic) bond motifs is 1. The number of imidazole rings is 1. The third kappa shape index (κ3) is 3.16. The monoisotopic (exact) mass is 355 g/mol. The summed E-state index contributed by atoms with van der Waals surface area (Å²) in [5.74, 6) is 2.91. The quantitative estimate of drug-likeness (QED) is 0.849. The van der Waals surface area contributed by atoms with Gasteiger partial charge in [0.2, 0.25) is 6.10 Å². The summed E-state index contributed by atoms with van der Waals surface area (Å²) in [7, 11) is 0. The van der Waals surface area contributed by atoms with E-state index >= 15 is 0 Å². The second-order valence-corrected chi connectivity index (χ2v) is 7.25. The normalized spacial score (nSPS) is 20.4. The van der Waals surface area contributed by atoms with Crippen molar-refractivity contribution in [3.8, 4) is 11.5 Å². The van der Waals surface area contributed by atoms with Crippen LogP contribution in [-0.4, -0.2) is 46.2 Å². The van der Waals surface area contributed by atoms with Gasteiger partial charge in [0.25, 0.3) is 5.91 Å². The number of benzene rings is 1. The molecule has 138 valence electrons. The molecule has 0 aliphatic carbocycles. The zero-order valence-corrected chi connectivity index (χ0v) is 15.3. The Morgan fingerprint density at radius 2 is 1.92 bits per heavy atom. The molecular formula is C20H25N3O3. The van der Waals surface area contributed by atoms with Crippen LogP contribution >= 0.6 is 0 Å².